The van der Waals surface area contributed by atoms with Gasteiger partial charge in [0.05, 0.1) is 11.5 Å². The van der Waals surface area contributed by atoms with Crippen LogP contribution in [-0.4, -0.2) is 0 Å². The quantitative estimate of drug-likeness (QED) is 0.375. The van der Waals surface area contributed by atoms with Crippen molar-refractivity contribution < 1.29 is 0 Å². The summed E-state index contributed by atoms with van der Waals surface area (Å²) in [5.74, 6) is 1.78. The fourth-order valence-corrected chi connectivity index (χ4v) is 4.64. The van der Waals surface area contributed by atoms with E-state index in [1.807, 2.05) is 0 Å². The normalized spacial score (nSPS) is 32.3. The highest BCUT2D eigenvalue weighted by molar-refractivity contribution is 5.26. The van der Waals surface area contributed by atoms with E-state index in [9.17, 15) is 5.26 Å². The van der Waals surface area contributed by atoms with Gasteiger partial charge in [0.1, 0.15) is 0 Å². The van der Waals surface area contributed by atoms with Crippen molar-refractivity contribution in [3.05, 3.63) is 11.6 Å². The zero-order valence-corrected chi connectivity index (χ0v) is 14.9. The number of allylic oxidation sites excluding steroid dienone is 2. The van der Waals surface area contributed by atoms with Gasteiger partial charge >= 0.3 is 0 Å². The minimum atomic E-state index is -0.0849. The molecule has 2 aliphatic carbocycles. The monoisotopic (exact) mass is 301 g/mol. The molecule has 1 saturated carbocycles. The molecule has 0 aromatic rings. The molecule has 1 fully saturated rings. The van der Waals surface area contributed by atoms with E-state index in [1.54, 1.807) is 0 Å². The molecule has 0 aromatic heterocycles. The molecule has 0 radical (unpaired) electrons. The summed E-state index contributed by atoms with van der Waals surface area (Å²) < 4.78 is 0. The largest absolute Gasteiger partial charge is 0.197 e. The summed E-state index contributed by atoms with van der Waals surface area (Å²) in [6.07, 6.45) is 19.2. The van der Waals surface area contributed by atoms with Crippen molar-refractivity contribution in [2.45, 2.75) is 97.3 Å². The van der Waals surface area contributed by atoms with Gasteiger partial charge in [0.15, 0.2) is 0 Å². The molecule has 0 N–H and O–H groups in total. The predicted octanol–water partition coefficient (Wildman–Crippen LogP) is 6.79. The van der Waals surface area contributed by atoms with Crippen molar-refractivity contribution >= 4 is 0 Å². The highest BCUT2D eigenvalue weighted by atomic mass is 14.4. The number of hydrogen-bond donors (Lipinski definition) is 0. The maximum atomic E-state index is 9.87. The first-order chi connectivity index (χ1) is 10.7. The molecule has 2 aliphatic rings. The fraction of sp³-hybridized carbons (Fsp3) is 0.857. The number of nitrogens with zero attached hydrogens (tertiary/aromatic N) is 1. The molecule has 124 valence electrons. The first-order valence-electron chi connectivity index (χ1n) is 9.84. The van der Waals surface area contributed by atoms with E-state index in [0.717, 1.165) is 24.7 Å². The first kappa shape index (κ1) is 17.6. The van der Waals surface area contributed by atoms with E-state index in [0.29, 0.717) is 0 Å². The zero-order valence-electron chi connectivity index (χ0n) is 14.9. The van der Waals surface area contributed by atoms with Crippen LogP contribution in [0.4, 0.5) is 0 Å². The molecule has 0 amide bonds. The number of nitriles is 1. The topological polar surface area (TPSA) is 23.8 Å². The van der Waals surface area contributed by atoms with Crippen molar-refractivity contribution in [3.63, 3.8) is 0 Å². The number of hydrogen-bond acceptors (Lipinski definition) is 1. The number of unbranched alkanes of at least 4 members (excludes halogenated alkanes) is 2. The summed E-state index contributed by atoms with van der Waals surface area (Å²) in [6.45, 7) is 4.57. The Kier molecular flexibility index (Phi) is 7.00. The molecule has 0 saturated heterocycles. The molecule has 1 heteroatoms. The van der Waals surface area contributed by atoms with Crippen LogP contribution in [0.15, 0.2) is 11.6 Å². The molecule has 0 bridgehead atoms. The van der Waals surface area contributed by atoms with Crippen LogP contribution in [0.5, 0.6) is 0 Å². The van der Waals surface area contributed by atoms with Gasteiger partial charge in [0.2, 0.25) is 0 Å². The second-order valence-corrected chi connectivity index (χ2v) is 7.79. The minimum Gasteiger partial charge on any atom is -0.197 e. The summed E-state index contributed by atoms with van der Waals surface area (Å²) in [4.78, 5) is 0. The molecule has 2 rings (SSSR count). The average Bonchev–Trinajstić information content (AvgIpc) is 2.57. The average molecular weight is 302 g/mol. The molecule has 0 unspecified atom stereocenters. The molecule has 22 heavy (non-hydrogen) atoms. The van der Waals surface area contributed by atoms with Gasteiger partial charge in [-0.05, 0) is 56.8 Å². The summed E-state index contributed by atoms with van der Waals surface area (Å²) in [5.41, 5.74) is 1.42. The Hall–Kier alpha value is -0.770. The SMILES string of the molecule is CCCCCC1CCC(C#N)(C2=CC[C@H](CCC)CC2)CC1. The fourth-order valence-electron chi connectivity index (χ4n) is 4.64. The second kappa shape index (κ2) is 8.76. The molecule has 0 aliphatic heterocycles. The molecule has 1 atom stereocenters. The molecule has 0 aromatic carbocycles. The Morgan fingerprint density at radius 3 is 2.36 bits per heavy atom. The van der Waals surface area contributed by atoms with Crippen LogP contribution in [-0.2, 0) is 0 Å². The molecular formula is C21H35N. The third-order valence-electron chi connectivity index (χ3n) is 6.22. The lowest BCUT2D eigenvalue weighted by atomic mass is 9.64. The predicted molar refractivity (Wildman–Crippen MR) is 94.5 cm³/mol. The Bertz CT molecular complexity index is 393. The number of rotatable bonds is 7. The van der Waals surface area contributed by atoms with E-state index >= 15 is 0 Å². The van der Waals surface area contributed by atoms with Gasteiger partial charge in [-0.1, -0.05) is 64.0 Å². The summed E-state index contributed by atoms with van der Waals surface area (Å²) in [7, 11) is 0. The smallest absolute Gasteiger partial charge is 0.0782 e. The van der Waals surface area contributed by atoms with Crippen LogP contribution in [0.2, 0.25) is 0 Å². The highest BCUT2D eigenvalue weighted by Crippen LogP contribution is 2.48. The molecule has 0 heterocycles. The molecule has 0 spiro atoms. The summed E-state index contributed by atoms with van der Waals surface area (Å²) >= 11 is 0. The van der Waals surface area contributed by atoms with Crippen molar-refractivity contribution in [1.29, 1.82) is 5.26 Å². The van der Waals surface area contributed by atoms with E-state index < -0.39 is 0 Å². The van der Waals surface area contributed by atoms with Crippen molar-refractivity contribution in [3.8, 4) is 6.07 Å². The second-order valence-electron chi connectivity index (χ2n) is 7.79. The van der Waals surface area contributed by atoms with Crippen molar-refractivity contribution in [1.82, 2.24) is 0 Å². The lowest BCUT2D eigenvalue weighted by molar-refractivity contribution is 0.221. The Labute approximate surface area is 138 Å². The van der Waals surface area contributed by atoms with E-state index in [-0.39, 0.29) is 5.41 Å². The van der Waals surface area contributed by atoms with Gasteiger partial charge in [0, 0.05) is 0 Å². The summed E-state index contributed by atoms with van der Waals surface area (Å²) in [6, 6.07) is 2.75. The lowest BCUT2D eigenvalue weighted by Crippen LogP contribution is -2.29. The molecular weight excluding hydrogens is 266 g/mol. The van der Waals surface area contributed by atoms with E-state index in [1.165, 1.54) is 76.2 Å². The van der Waals surface area contributed by atoms with Crippen LogP contribution in [0, 0.1) is 28.6 Å². The van der Waals surface area contributed by atoms with Crippen LogP contribution in [0.1, 0.15) is 97.3 Å². The van der Waals surface area contributed by atoms with Gasteiger partial charge in [-0.2, -0.15) is 5.26 Å². The minimum absolute atomic E-state index is 0.0849. The standard InChI is InChI=1S/C21H35N/c1-3-5-6-8-19-13-15-21(17-22,16-14-19)20-11-9-18(7-4-2)10-12-20/h11,18-19H,3-10,12-16H2,1-2H3/t18-,19?,21?/m0/s1. The highest BCUT2D eigenvalue weighted by Gasteiger charge is 2.39. The van der Waals surface area contributed by atoms with Gasteiger partial charge < -0.3 is 0 Å². The van der Waals surface area contributed by atoms with Crippen LogP contribution in [0.25, 0.3) is 0 Å². The van der Waals surface area contributed by atoms with Crippen LogP contribution >= 0.6 is 0 Å². The van der Waals surface area contributed by atoms with Crippen molar-refractivity contribution in [2.24, 2.45) is 17.3 Å². The first-order valence-corrected chi connectivity index (χ1v) is 9.84. The Morgan fingerprint density at radius 1 is 1.05 bits per heavy atom. The zero-order chi connectivity index (χ0) is 15.8. The van der Waals surface area contributed by atoms with Crippen LogP contribution in [0.3, 0.4) is 0 Å². The van der Waals surface area contributed by atoms with E-state index in [2.05, 4.69) is 26.0 Å². The third kappa shape index (κ3) is 4.37. The third-order valence-corrected chi connectivity index (χ3v) is 6.22. The summed E-state index contributed by atoms with van der Waals surface area (Å²) in [5, 5.41) is 9.87. The Morgan fingerprint density at radius 2 is 1.82 bits per heavy atom. The molecule has 1 nitrogen and oxygen atoms in total. The lowest BCUT2D eigenvalue weighted by Gasteiger charge is -2.39. The van der Waals surface area contributed by atoms with Gasteiger partial charge in [-0.25, -0.2) is 0 Å². The van der Waals surface area contributed by atoms with Crippen LogP contribution < -0.4 is 0 Å². The Balaban J connectivity index is 1.88. The van der Waals surface area contributed by atoms with Crippen molar-refractivity contribution in [2.75, 3.05) is 0 Å². The maximum absolute atomic E-state index is 9.87. The maximum Gasteiger partial charge on any atom is 0.0782 e. The van der Waals surface area contributed by atoms with E-state index in [4.69, 9.17) is 0 Å². The van der Waals surface area contributed by atoms with Gasteiger partial charge in [0.25, 0.3) is 0 Å². The van der Waals surface area contributed by atoms with Gasteiger partial charge in [-0.15, -0.1) is 0 Å². The van der Waals surface area contributed by atoms with Gasteiger partial charge in [-0.3, -0.25) is 0 Å².